The maximum absolute atomic E-state index is 12.4. The molecule has 2 heterocycles. The molecule has 152 valence electrons. The van der Waals surface area contributed by atoms with Crippen LogP contribution in [-0.4, -0.2) is 25.0 Å². The Labute approximate surface area is 182 Å². The van der Waals surface area contributed by atoms with Crippen LogP contribution in [0.5, 0.6) is 5.75 Å². The topological polar surface area (TPSA) is 74.8 Å². The molecule has 0 aliphatic carbocycles. The van der Waals surface area contributed by atoms with Crippen molar-refractivity contribution in [1.82, 2.24) is 25.0 Å². The van der Waals surface area contributed by atoms with Crippen molar-refractivity contribution >= 4 is 15.9 Å². The van der Waals surface area contributed by atoms with Gasteiger partial charge in [0, 0.05) is 16.2 Å². The average molecular weight is 466 g/mol. The quantitative estimate of drug-likeness (QED) is 0.416. The average Bonchev–Trinajstić information content (AvgIpc) is 3.18. The van der Waals surface area contributed by atoms with E-state index in [1.807, 2.05) is 54.6 Å². The number of hydrogen-bond acceptors (Lipinski definition) is 5. The fraction of sp³-hybridized carbons (Fsp3) is 0.182. The van der Waals surface area contributed by atoms with E-state index in [0.717, 1.165) is 27.0 Å². The van der Waals surface area contributed by atoms with Gasteiger partial charge in [0.25, 0.3) is 5.56 Å². The number of rotatable bonds is 7. The van der Waals surface area contributed by atoms with Crippen molar-refractivity contribution in [3.63, 3.8) is 0 Å². The lowest BCUT2D eigenvalue weighted by atomic mass is 10.1. The first-order valence-electron chi connectivity index (χ1n) is 9.53. The van der Waals surface area contributed by atoms with Crippen molar-refractivity contribution < 1.29 is 4.74 Å². The van der Waals surface area contributed by atoms with Gasteiger partial charge in [-0.05, 0) is 60.4 Å². The normalized spacial score (nSPS) is 10.9. The summed E-state index contributed by atoms with van der Waals surface area (Å²) in [5.74, 6) is 1.32. The summed E-state index contributed by atoms with van der Waals surface area (Å²) >= 11 is 3.54. The molecule has 8 heteroatoms. The van der Waals surface area contributed by atoms with E-state index < -0.39 is 0 Å². The second-order valence-electron chi connectivity index (χ2n) is 6.80. The SMILES string of the molecule is Cc1nnn(-n2c(CCc3cc(Br)ccc3OCc3ccccc3)cccc2=O)n1. The molecular weight excluding hydrogens is 446 g/mol. The summed E-state index contributed by atoms with van der Waals surface area (Å²) in [6, 6.07) is 21.1. The monoisotopic (exact) mass is 465 g/mol. The zero-order chi connectivity index (χ0) is 20.9. The molecule has 0 amide bonds. The number of pyridine rings is 1. The molecule has 0 saturated carbocycles. The van der Waals surface area contributed by atoms with Gasteiger partial charge in [-0.2, -0.15) is 4.68 Å². The van der Waals surface area contributed by atoms with Crippen LogP contribution in [0.4, 0.5) is 0 Å². The van der Waals surface area contributed by atoms with Gasteiger partial charge < -0.3 is 4.74 Å². The van der Waals surface area contributed by atoms with Gasteiger partial charge in [-0.15, -0.1) is 10.2 Å². The van der Waals surface area contributed by atoms with Crippen LogP contribution in [0.15, 0.2) is 76.0 Å². The third-order valence-corrected chi connectivity index (χ3v) is 5.09. The molecule has 4 aromatic rings. The predicted octanol–water partition coefficient (Wildman–Crippen LogP) is 3.58. The van der Waals surface area contributed by atoms with Crippen LogP contribution >= 0.6 is 15.9 Å². The Morgan fingerprint density at radius 1 is 1.00 bits per heavy atom. The second-order valence-corrected chi connectivity index (χ2v) is 7.71. The summed E-state index contributed by atoms with van der Waals surface area (Å²) in [7, 11) is 0. The number of tetrazole rings is 1. The van der Waals surface area contributed by atoms with Crippen LogP contribution < -0.4 is 10.3 Å². The Hall–Kier alpha value is -3.26. The molecule has 0 saturated heterocycles. The summed E-state index contributed by atoms with van der Waals surface area (Å²) in [6.45, 7) is 2.22. The Balaban J connectivity index is 1.56. The molecule has 2 aromatic carbocycles. The lowest BCUT2D eigenvalue weighted by Gasteiger charge is -2.14. The summed E-state index contributed by atoms with van der Waals surface area (Å²) < 4.78 is 8.49. The third-order valence-electron chi connectivity index (χ3n) is 4.60. The first-order chi connectivity index (χ1) is 14.6. The Kier molecular flexibility index (Phi) is 6.04. The molecular formula is C22H20BrN5O2. The number of aromatic nitrogens is 5. The minimum Gasteiger partial charge on any atom is -0.489 e. The fourth-order valence-corrected chi connectivity index (χ4v) is 3.57. The van der Waals surface area contributed by atoms with E-state index in [-0.39, 0.29) is 5.56 Å². The first-order valence-corrected chi connectivity index (χ1v) is 10.3. The highest BCUT2D eigenvalue weighted by molar-refractivity contribution is 9.10. The molecule has 30 heavy (non-hydrogen) atoms. The number of aryl methyl sites for hydroxylation is 3. The maximum Gasteiger partial charge on any atom is 0.272 e. The van der Waals surface area contributed by atoms with E-state index in [1.54, 1.807) is 13.0 Å². The van der Waals surface area contributed by atoms with E-state index in [1.165, 1.54) is 15.6 Å². The van der Waals surface area contributed by atoms with Crippen molar-refractivity contribution in [2.75, 3.05) is 0 Å². The molecule has 0 bridgehead atoms. The number of halogens is 1. The smallest absolute Gasteiger partial charge is 0.272 e. The van der Waals surface area contributed by atoms with Crippen LogP contribution in [-0.2, 0) is 19.4 Å². The van der Waals surface area contributed by atoms with Crippen molar-refractivity contribution in [2.24, 2.45) is 0 Å². The van der Waals surface area contributed by atoms with Gasteiger partial charge in [-0.3, -0.25) is 4.79 Å². The molecule has 2 aromatic heterocycles. The van der Waals surface area contributed by atoms with Crippen molar-refractivity contribution in [3.05, 3.63) is 104 Å². The second kappa shape index (κ2) is 9.04. The van der Waals surface area contributed by atoms with Crippen LogP contribution in [0.25, 0.3) is 0 Å². The van der Waals surface area contributed by atoms with E-state index in [2.05, 4.69) is 31.3 Å². The van der Waals surface area contributed by atoms with Gasteiger partial charge in [0.15, 0.2) is 5.82 Å². The standard InChI is InChI=1S/C22H20BrN5O2/c1-16-24-26-28(25-16)27-20(8-5-9-22(27)29)12-10-18-14-19(23)11-13-21(18)30-15-17-6-3-2-4-7-17/h2-9,11,13-14H,10,12,15H2,1H3. The third kappa shape index (κ3) is 4.65. The van der Waals surface area contributed by atoms with Gasteiger partial charge in [0.2, 0.25) is 0 Å². The maximum atomic E-state index is 12.4. The molecule has 0 spiro atoms. The van der Waals surface area contributed by atoms with Gasteiger partial charge in [0.05, 0.1) is 0 Å². The molecule has 0 atom stereocenters. The minimum absolute atomic E-state index is 0.209. The highest BCUT2D eigenvalue weighted by atomic mass is 79.9. The van der Waals surface area contributed by atoms with Crippen LogP contribution in [0.3, 0.4) is 0 Å². The predicted molar refractivity (Wildman–Crippen MR) is 116 cm³/mol. The molecule has 0 radical (unpaired) electrons. The van der Waals surface area contributed by atoms with Gasteiger partial charge in [-0.25, -0.2) is 0 Å². The van der Waals surface area contributed by atoms with Crippen LogP contribution in [0, 0.1) is 6.92 Å². The molecule has 0 fully saturated rings. The highest BCUT2D eigenvalue weighted by Gasteiger charge is 2.11. The lowest BCUT2D eigenvalue weighted by Crippen LogP contribution is -2.30. The molecule has 0 aliphatic rings. The number of nitrogens with zero attached hydrogens (tertiary/aromatic N) is 5. The zero-order valence-corrected chi connectivity index (χ0v) is 18.0. The molecule has 4 rings (SSSR count). The van der Waals surface area contributed by atoms with Crippen LogP contribution in [0.2, 0.25) is 0 Å². The van der Waals surface area contributed by atoms with E-state index in [0.29, 0.717) is 25.3 Å². The van der Waals surface area contributed by atoms with Crippen molar-refractivity contribution in [1.29, 1.82) is 0 Å². The summed E-state index contributed by atoms with van der Waals surface area (Å²) in [5, 5.41) is 12.0. The largest absolute Gasteiger partial charge is 0.489 e. The van der Waals surface area contributed by atoms with Crippen molar-refractivity contribution in [3.8, 4) is 5.75 Å². The van der Waals surface area contributed by atoms with E-state index in [4.69, 9.17) is 4.74 Å². The minimum atomic E-state index is -0.209. The molecule has 7 nitrogen and oxygen atoms in total. The first kappa shape index (κ1) is 20.0. The fourth-order valence-electron chi connectivity index (χ4n) is 3.16. The number of hydrogen-bond donors (Lipinski definition) is 0. The van der Waals surface area contributed by atoms with Gasteiger partial charge in [-0.1, -0.05) is 57.2 Å². The lowest BCUT2D eigenvalue weighted by molar-refractivity contribution is 0.302. The van der Waals surface area contributed by atoms with Gasteiger partial charge >= 0.3 is 0 Å². The Morgan fingerprint density at radius 3 is 2.60 bits per heavy atom. The Morgan fingerprint density at radius 2 is 1.83 bits per heavy atom. The highest BCUT2D eigenvalue weighted by Crippen LogP contribution is 2.25. The van der Waals surface area contributed by atoms with Gasteiger partial charge in [0.1, 0.15) is 12.4 Å². The summed E-state index contributed by atoms with van der Waals surface area (Å²) in [4.78, 5) is 13.7. The molecule has 0 unspecified atom stereocenters. The zero-order valence-electron chi connectivity index (χ0n) is 16.4. The van der Waals surface area contributed by atoms with Crippen LogP contribution in [0.1, 0.15) is 22.6 Å². The Bertz CT molecular complexity index is 1200. The summed E-state index contributed by atoms with van der Waals surface area (Å²) in [5.41, 5.74) is 2.73. The molecule has 0 N–H and O–H groups in total. The van der Waals surface area contributed by atoms with E-state index >= 15 is 0 Å². The van der Waals surface area contributed by atoms with E-state index in [9.17, 15) is 4.79 Å². The number of ether oxygens (including phenoxy) is 1. The number of benzene rings is 2. The summed E-state index contributed by atoms with van der Waals surface area (Å²) in [6.07, 6.45) is 1.29. The van der Waals surface area contributed by atoms with Crippen molar-refractivity contribution in [2.45, 2.75) is 26.4 Å². The molecule has 0 aliphatic heterocycles.